The molecule has 0 aromatic carbocycles. The number of rotatable bonds is 4. The number of hydrogen-bond acceptors (Lipinski definition) is 5. The Morgan fingerprint density at radius 2 is 2.20 bits per heavy atom. The molecule has 5 heteroatoms. The lowest BCUT2D eigenvalue weighted by molar-refractivity contribution is 0.264. The molecule has 0 radical (unpaired) electrons. The van der Waals surface area contributed by atoms with Crippen LogP contribution >= 0.6 is 0 Å². The topological polar surface area (TPSA) is 55.1 Å². The minimum Gasteiger partial charge on any atom is -0.443 e. The predicted molar refractivity (Wildman–Crippen MR) is 76.0 cm³/mol. The van der Waals surface area contributed by atoms with E-state index in [4.69, 9.17) is 4.42 Å². The summed E-state index contributed by atoms with van der Waals surface area (Å²) >= 11 is 0. The van der Waals surface area contributed by atoms with Crippen molar-refractivity contribution < 1.29 is 4.42 Å². The maximum Gasteiger partial charge on any atom is 0.246 e. The molecule has 0 bridgehead atoms. The fraction of sp³-hybridized carbons (Fsp3) is 0.533. The Morgan fingerprint density at radius 1 is 1.30 bits per heavy atom. The van der Waals surface area contributed by atoms with Gasteiger partial charge in [0.15, 0.2) is 0 Å². The second-order valence-corrected chi connectivity index (χ2v) is 5.68. The Labute approximate surface area is 119 Å². The van der Waals surface area contributed by atoms with Gasteiger partial charge >= 0.3 is 0 Å². The first-order valence-electron chi connectivity index (χ1n) is 7.17. The molecule has 1 saturated heterocycles. The molecule has 1 aliphatic rings. The standard InChI is InChI=1S/C15H20N4O/c1-11(2)19-5-3-12(10-19)7-13-8-18-14(9-17-13)15-16-4-6-20-15/h4,6,8-9,11-12H,3,5,7,10H2,1-2H3/t12-/m0/s1. The monoisotopic (exact) mass is 272 g/mol. The summed E-state index contributed by atoms with van der Waals surface area (Å²) in [6.45, 7) is 6.88. The molecular formula is C15H20N4O. The Hall–Kier alpha value is -1.75. The molecule has 5 nitrogen and oxygen atoms in total. The SMILES string of the molecule is CC(C)N1CC[C@@H](Cc2cnc(-c3ncco3)cn2)C1. The van der Waals surface area contributed by atoms with E-state index < -0.39 is 0 Å². The highest BCUT2D eigenvalue weighted by Gasteiger charge is 2.24. The fourth-order valence-electron chi connectivity index (χ4n) is 2.71. The van der Waals surface area contributed by atoms with E-state index in [-0.39, 0.29) is 0 Å². The van der Waals surface area contributed by atoms with Gasteiger partial charge in [0.1, 0.15) is 12.0 Å². The molecule has 0 N–H and O–H groups in total. The van der Waals surface area contributed by atoms with Gasteiger partial charge in [-0.05, 0) is 39.2 Å². The van der Waals surface area contributed by atoms with Crippen LogP contribution in [-0.2, 0) is 6.42 Å². The van der Waals surface area contributed by atoms with Crippen molar-refractivity contribution >= 4 is 0 Å². The van der Waals surface area contributed by atoms with E-state index in [0.29, 0.717) is 23.5 Å². The number of likely N-dealkylation sites (tertiary alicyclic amines) is 1. The Balaban J connectivity index is 1.62. The number of nitrogens with zero attached hydrogens (tertiary/aromatic N) is 4. The molecule has 0 spiro atoms. The molecule has 1 aliphatic heterocycles. The Morgan fingerprint density at radius 3 is 2.80 bits per heavy atom. The molecule has 0 unspecified atom stereocenters. The fourth-order valence-corrected chi connectivity index (χ4v) is 2.71. The lowest BCUT2D eigenvalue weighted by Crippen LogP contribution is -2.28. The van der Waals surface area contributed by atoms with Crippen LogP contribution < -0.4 is 0 Å². The molecule has 106 valence electrons. The van der Waals surface area contributed by atoms with Gasteiger partial charge in [0.05, 0.1) is 18.1 Å². The Bertz CT molecular complexity index is 536. The van der Waals surface area contributed by atoms with E-state index in [1.165, 1.54) is 19.5 Å². The van der Waals surface area contributed by atoms with Crippen molar-refractivity contribution in [2.75, 3.05) is 13.1 Å². The molecule has 3 heterocycles. The third kappa shape index (κ3) is 2.88. The maximum absolute atomic E-state index is 5.21. The second kappa shape index (κ2) is 5.71. The van der Waals surface area contributed by atoms with E-state index in [0.717, 1.165) is 12.1 Å². The van der Waals surface area contributed by atoms with Crippen molar-refractivity contribution in [1.82, 2.24) is 19.9 Å². The highest BCUT2D eigenvalue weighted by atomic mass is 16.3. The van der Waals surface area contributed by atoms with E-state index in [1.54, 1.807) is 18.7 Å². The van der Waals surface area contributed by atoms with E-state index in [9.17, 15) is 0 Å². The van der Waals surface area contributed by atoms with E-state index in [1.807, 2.05) is 6.20 Å². The molecule has 3 rings (SSSR count). The van der Waals surface area contributed by atoms with Crippen molar-refractivity contribution in [1.29, 1.82) is 0 Å². The number of hydrogen-bond donors (Lipinski definition) is 0. The van der Waals surface area contributed by atoms with Gasteiger partial charge in [-0.15, -0.1) is 0 Å². The van der Waals surface area contributed by atoms with Crippen molar-refractivity contribution in [2.24, 2.45) is 5.92 Å². The molecular weight excluding hydrogens is 252 g/mol. The van der Waals surface area contributed by atoms with Crippen molar-refractivity contribution in [3.8, 4) is 11.6 Å². The summed E-state index contributed by atoms with van der Waals surface area (Å²) in [5.41, 5.74) is 1.74. The first kappa shape index (κ1) is 13.2. The summed E-state index contributed by atoms with van der Waals surface area (Å²) in [6, 6.07) is 0.637. The third-order valence-electron chi connectivity index (χ3n) is 3.90. The normalized spacial score (nSPS) is 19.9. The van der Waals surface area contributed by atoms with Gasteiger partial charge < -0.3 is 9.32 Å². The van der Waals surface area contributed by atoms with Gasteiger partial charge in [0, 0.05) is 18.8 Å². The van der Waals surface area contributed by atoms with Crippen LogP contribution in [0.5, 0.6) is 0 Å². The zero-order valence-electron chi connectivity index (χ0n) is 12.0. The van der Waals surface area contributed by atoms with Gasteiger partial charge in [0.25, 0.3) is 0 Å². The highest BCUT2D eigenvalue weighted by molar-refractivity contribution is 5.43. The quantitative estimate of drug-likeness (QED) is 0.855. The van der Waals surface area contributed by atoms with Gasteiger partial charge in [-0.1, -0.05) is 0 Å². The van der Waals surface area contributed by atoms with Crippen LogP contribution in [0.25, 0.3) is 11.6 Å². The molecule has 0 aliphatic carbocycles. The number of aromatic nitrogens is 3. The minimum atomic E-state index is 0.524. The zero-order chi connectivity index (χ0) is 13.9. The zero-order valence-corrected chi connectivity index (χ0v) is 12.0. The summed E-state index contributed by atoms with van der Waals surface area (Å²) < 4.78 is 5.21. The maximum atomic E-state index is 5.21. The average Bonchev–Trinajstić information content (AvgIpc) is 3.10. The van der Waals surface area contributed by atoms with E-state index in [2.05, 4.69) is 33.7 Å². The smallest absolute Gasteiger partial charge is 0.246 e. The first-order chi connectivity index (χ1) is 9.72. The van der Waals surface area contributed by atoms with E-state index >= 15 is 0 Å². The summed E-state index contributed by atoms with van der Waals surface area (Å²) in [6.07, 6.45) is 9.01. The second-order valence-electron chi connectivity index (χ2n) is 5.68. The van der Waals surface area contributed by atoms with Crippen LogP contribution in [0, 0.1) is 5.92 Å². The average molecular weight is 272 g/mol. The lowest BCUT2D eigenvalue weighted by atomic mass is 10.0. The molecule has 2 aromatic rings. The lowest BCUT2D eigenvalue weighted by Gasteiger charge is -2.20. The molecule has 1 atom stereocenters. The van der Waals surface area contributed by atoms with Crippen LogP contribution in [0.1, 0.15) is 26.0 Å². The van der Waals surface area contributed by atoms with Crippen molar-refractivity contribution in [3.05, 3.63) is 30.5 Å². The summed E-state index contributed by atoms with van der Waals surface area (Å²) in [7, 11) is 0. The van der Waals surface area contributed by atoms with Crippen molar-refractivity contribution in [3.63, 3.8) is 0 Å². The molecule has 2 aromatic heterocycles. The van der Waals surface area contributed by atoms with Gasteiger partial charge in [-0.3, -0.25) is 4.98 Å². The van der Waals surface area contributed by atoms with Crippen LogP contribution in [0.15, 0.2) is 29.3 Å². The Kier molecular flexibility index (Phi) is 3.78. The van der Waals surface area contributed by atoms with Crippen LogP contribution in [0.3, 0.4) is 0 Å². The summed E-state index contributed by atoms with van der Waals surface area (Å²) in [4.78, 5) is 15.5. The largest absolute Gasteiger partial charge is 0.443 e. The number of oxazole rings is 1. The highest BCUT2D eigenvalue weighted by Crippen LogP contribution is 2.22. The van der Waals surface area contributed by atoms with Gasteiger partial charge in [-0.2, -0.15) is 0 Å². The predicted octanol–water partition coefficient (Wildman–Crippen LogP) is 2.40. The van der Waals surface area contributed by atoms with Crippen LogP contribution in [-0.4, -0.2) is 39.0 Å². The van der Waals surface area contributed by atoms with Crippen LogP contribution in [0.4, 0.5) is 0 Å². The minimum absolute atomic E-state index is 0.524. The molecule has 0 amide bonds. The summed E-state index contributed by atoms with van der Waals surface area (Å²) in [5, 5.41) is 0. The summed E-state index contributed by atoms with van der Waals surface area (Å²) in [5.74, 6) is 1.22. The molecule has 0 saturated carbocycles. The third-order valence-corrected chi connectivity index (χ3v) is 3.90. The molecule has 20 heavy (non-hydrogen) atoms. The van der Waals surface area contributed by atoms with Gasteiger partial charge in [0.2, 0.25) is 5.89 Å². The molecule has 1 fully saturated rings. The van der Waals surface area contributed by atoms with Crippen LogP contribution in [0.2, 0.25) is 0 Å². The van der Waals surface area contributed by atoms with Gasteiger partial charge in [-0.25, -0.2) is 9.97 Å². The van der Waals surface area contributed by atoms with Crippen molar-refractivity contribution in [2.45, 2.75) is 32.7 Å². The first-order valence-corrected chi connectivity index (χ1v) is 7.17.